The van der Waals surface area contributed by atoms with Crippen molar-refractivity contribution in [2.75, 3.05) is 32.1 Å². The average Bonchev–Trinajstić information content (AvgIpc) is 3.30. The van der Waals surface area contributed by atoms with E-state index in [0.29, 0.717) is 23.5 Å². The predicted octanol–water partition coefficient (Wildman–Crippen LogP) is 3.64. The zero-order chi connectivity index (χ0) is 22.3. The van der Waals surface area contributed by atoms with Crippen LogP contribution in [0.25, 0.3) is 0 Å². The fraction of sp³-hybridized carbons (Fsp3) is 0.520. The highest BCUT2D eigenvalue weighted by Crippen LogP contribution is 2.34. The van der Waals surface area contributed by atoms with E-state index >= 15 is 0 Å². The molecule has 1 aromatic heterocycles. The minimum atomic E-state index is -0.326. The number of rotatable bonds is 8. The van der Waals surface area contributed by atoms with Gasteiger partial charge in [-0.2, -0.15) is 0 Å². The van der Waals surface area contributed by atoms with Crippen LogP contribution in [0.5, 0.6) is 5.75 Å². The van der Waals surface area contributed by atoms with Gasteiger partial charge in [0.2, 0.25) is 5.91 Å². The summed E-state index contributed by atoms with van der Waals surface area (Å²) in [6.45, 7) is 2.66. The Morgan fingerprint density at radius 3 is 2.78 bits per heavy atom. The van der Waals surface area contributed by atoms with E-state index in [1.54, 1.807) is 6.07 Å². The molecule has 3 N–H and O–H groups in total. The molecule has 0 spiro atoms. The lowest BCUT2D eigenvalue weighted by Crippen LogP contribution is -2.34. The van der Waals surface area contributed by atoms with Gasteiger partial charge in [0.1, 0.15) is 5.82 Å². The van der Waals surface area contributed by atoms with Crippen LogP contribution in [-0.4, -0.2) is 43.7 Å². The van der Waals surface area contributed by atoms with Crippen LogP contribution < -0.4 is 20.7 Å². The standard InChI is InChI=1S/C25H33FN4O2/c1-32-23-14-17(2-6-22(23)26)8-13-28-21-5-3-19(15-21)20-4-7-24(29-16-20)30-25(31)18-9-11-27-12-10-18/h2,4,6-7,14,16,18-19,21,27-28H,3,5,8-13,15H2,1H3,(H,29,30,31)/t19-,21+/m1/s1. The largest absolute Gasteiger partial charge is 0.494 e. The fourth-order valence-electron chi connectivity index (χ4n) is 4.78. The van der Waals surface area contributed by atoms with E-state index in [0.717, 1.165) is 63.7 Å². The fourth-order valence-corrected chi connectivity index (χ4v) is 4.78. The number of piperidine rings is 1. The van der Waals surface area contributed by atoms with Crippen LogP contribution in [0.1, 0.15) is 49.1 Å². The van der Waals surface area contributed by atoms with Crippen LogP contribution in [0.2, 0.25) is 0 Å². The number of carbonyl (C=O) groups is 1. The number of methoxy groups -OCH3 is 1. The lowest BCUT2D eigenvalue weighted by Gasteiger charge is -2.21. The van der Waals surface area contributed by atoms with Gasteiger partial charge in [-0.05, 0) is 93.4 Å². The third-order valence-electron chi connectivity index (χ3n) is 6.71. The van der Waals surface area contributed by atoms with Crippen molar-refractivity contribution in [3.05, 3.63) is 53.5 Å². The van der Waals surface area contributed by atoms with Crippen molar-refractivity contribution in [2.45, 2.75) is 50.5 Å². The van der Waals surface area contributed by atoms with E-state index in [4.69, 9.17) is 4.74 Å². The molecule has 2 fully saturated rings. The molecule has 2 heterocycles. The molecule has 7 heteroatoms. The molecule has 6 nitrogen and oxygen atoms in total. The first-order chi connectivity index (χ1) is 15.6. The first-order valence-electron chi connectivity index (χ1n) is 11.7. The number of nitrogens with zero attached hydrogens (tertiary/aromatic N) is 1. The molecule has 2 atom stereocenters. The Labute approximate surface area is 189 Å². The van der Waals surface area contributed by atoms with E-state index in [-0.39, 0.29) is 17.6 Å². The predicted molar refractivity (Wildman–Crippen MR) is 123 cm³/mol. The first kappa shape index (κ1) is 22.7. The highest BCUT2D eigenvalue weighted by molar-refractivity contribution is 5.91. The first-order valence-corrected chi connectivity index (χ1v) is 11.7. The van der Waals surface area contributed by atoms with Crippen LogP contribution in [0.3, 0.4) is 0 Å². The monoisotopic (exact) mass is 440 g/mol. The number of benzene rings is 1. The van der Waals surface area contributed by atoms with Crippen molar-refractivity contribution < 1.29 is 13.9 Å². The maximum Gasteiger partial charge on any atom is 0.228 e. The third kappa shape index (κ3) is 5.84. The van der Waals surface area contributed by atoms with Gasteiger partial charge in [0.05, 0.1) is 7.11 Å². The summed E-state index contributed by atoms with van der Waals surface area (Å²) < 4.78 is 18.6. The second kappa shape index (κ2) is 10.9. The minimum Gasteiger partial charge on any atom is -0.494 e. The van der Waals surface area contributed by atoms with Gasteiger partial charge >= 0.3 is 0 Å². The molecule has 0 radical (unpaired) electrons. The Hall–Kier alpha value is -2.51. The summed E-state index contributed by atoms with van der Waals surface area (Å²) in [6, 6.07) is 9.55. The van der Waals surface area contributed by atoms with Gasteiger partial charge in [0, 0.05) is 18.2 Å². The van der Waals surface area contributed by atoms with E-state index in [9.17, 15) is 9.18 Å². The normalized spacial score (nSPS) is 21.4. The van der Waals surface area contributed by atoms with Gasteiger partial charge in [-0.15, -0.1) is 0 Å². The molecule has 1 saturated carbocycles. The van der Waals surface area contributed by atoms with E-state index in [1.165, 1.54) is 18.7 Å². The number of hydrogen-bond acceptors (Lipinski definition) is 5. The van der Waals surface area contributed by atoms with Gasteiger partial charge < -0.3 is 20.7 Å². The van der Waals surface area contributed by atoms with Crippen LogP contribution in [0.4, 0.5) is 10.2 Å². The molecular formula is C25H33FN4O2. The second-order valence-electron chi connectivity index (χ2n) is 8.87. The Morgan fingerprint density at radius 2 is 2.03 bits per heavy atom. The number of ether oxygens (including phenoxy) is 1. The Balaban J connectivity index is 1.22. The van der Waals surface area contributed by atoms with E-state index in [2.05, 4.69) is 27.0 Å². The third-order valence-corrected chi connectivity index (χ3v) is 6.71. The summed E-state index contributed by atoms with van der Waals surface area (Å²) in [6.07, 6.45) is 7.86. The van der Waals surface area contributed by atoms with Gasteiger partial charge in [-0.25, -0.2) is 9.37 Å². The summed E-state index contributed by atoms with van der Waals surface area (Å²) in [5.74, 6) is 1.26. The minimum absolute atomic E-state index is 0.0791. The maximum absolute atomic E-state index is 13.5. The number of nitrogens with one attached hydrogen (secondary N) is 3. The van der Waals surface area contributed by atoms with Crippen LogP contribution in [0.15, 0.2) is 36.5 Å². The number of carbonyl (C=O) groups excluding carboxylic acids is 1. The average molecular weight is 441 g/mol. The maximum atomic E-state index is 13.5. The SMILES string of the molecule is COc1cc(CCN[C@H]2CC[C@@H](c3ccc(NC(=O)C4CCNCC4)nc3)C2)ccc1F. The molecule has 1 amide bonds. The van der Waals surface area contributed by atoms with Crippen molar-refractivity contribution >= 4 is 11.7 Å². The molecule has 2 aromatic rings. The van der Waals surface area contributed by atoms with E-state index < -0.39 is 0 Å². The van der Waals surface area contributed by atoms with Crippen molar-refractivity contribution in [2.24, 2.45) is 5.92 Å². The molecular weight excluding hydrogens is 407 g/mol. The molecule has 2 aliphatic rings. The zero-order valence-corrected chi connectivity index (χ0v) is 18.7. The van der Waals surface area contributed by atoms with Crippen molar-refractivity contribution in [3.8, 4) is 5.75 Å². The van der Waals surface area contributed by atoms with Gasteiger partial charge in [0.25, 0.3) is 0 Å². The Kier molecular flexibility index (Phi) is 7.71. The highest BCUT2D eigenvalue weighted by atomic mass is 19.1. The number of anilines is 1. The second-order valence-corrected chi connectivity index (χ2v) is 8.87. The molecule has 1 aliphatic heterocycles. The molecule has 1 aromatic carbocycles. The Bertz CT molecular complexity index is 899. The number of pyridine rings is 1. The van der Waals surface area contributed by atoms with Crippen LogP contribution in [-0.2, 0) is 11.2 Å². The Morgan fingerprint density at radius 1 is 1.19 bits per heavy atom. The molecule has 172 valence electrons. The van der Waals surface area contributed by atoms with Crippen LogP contribution in [0, 0.1) is 11.7 Å². The summed E-state index contributed by atoms with van der Waals surface area (Å²) in [5.41, 5.74) is 2.30. The molecule has 1 aliphatic carbocycles. The quantitative estimate of drug-likeness (QED) is 0.584. The summed E-state index contributed by atoms with van der Waals surface area (Å²) >= 11 is 0. The van der Waals surface area contributed by atoms with Gasteiger partial charge in [-0.1, -0.05) is 12.1 Å². The zero-order valence-electron chi connectivity index (χ0n) is 18.7. The highest BCUT2D eigenvalue weighted by Gasteiger charge is 2.26. The summed E-state index contributed by atoms with van der Waals surface area (Å²) in [5, 5.41) is 9.89. The van der Waals surface area contributed by atoms with Gasteiger partial charge in [0.15, 0.2) is 11.6 Å². The lowest BCUT2D eigenvalue weighted by molar-refractivity contribution is -0.120. The molecule has 0 unspecified atom stereocenters. The molecule has 4 rings (SSSR count). The van der Waals surface area contributed by atoms with E-state index in [1.807, 2.05) is 18.3 Å². The number of aromatic nitrogens is 1. The molecule has 0 bridgehead atoms. The number of halogens is 1. The summed E-state index contributed by atoms with van der Waals surface area (Å²) in [7, 11) is 1.49. The van der Waals surface area contributed by atoms with Crippen molar-refractivity contribution in [1.82, 2.24) is 15.6 Å². The lowest BCUT2D eigenvalue weighted by atomic mass is 9.97. The van der Waals surface area contributed by atoms with Crippen LogP contribution >= 0.6 is 0 Å². The number of amides is 1. The van der Waals surface area contributed by atoms with Crippen molar-refractivity contribution in [3.63, 3.8) is 0 Å². The topological polar surface area (TPSA) is 75.3 Å². The molecule has 32 heavy (non-hydrogen) atoms. The smallest absolute Gasteiger partial charge is 0.228 e. The molecule has 1 saturated heterocycles. The number of hydrogen-bond donors (Lipinski definition) is 3. The summed E-state index contributed by atoms with van der Waals surface area (Å²) in [4.78, 5) is 16.9. The van der Waals surface area contributed by atoms with Crippen molar-refractivity contribution in [1.29, 1.82) is 0 Å². The van der Waals surface area contributed by atoms with Gasteiger partial charge in [-0.3, -0.25) is 4.79 Å².